The van der Waals surface area contributed by atoms with E-state index in [1.165, 1.54) is 0 Å². The summed E-state index contributed by atoms with van der Waals surface area (Å²) in [5.41, 5.74) is 7.59. The number of benzene rings is 1. The molecule has 20 heavy (non-hydrogen) atoms. The maximum atomic E-state index is 11.7. The van der Waals surface area contributed by atoms with Gasteiger partial charge in [0.05, 0.1) is 0 Å². The number of ether oxygens (including phenoxy) is 1. The van der Waals surface area contributed by atoms with Crippen LogP contribution in [-0.4, -0.2) is 17.5 Å². The zero-order valence-electron chi connectivity index (χ0n) is 11.3. The van der Waals surface area contributed by atoms with Crippen LogP contribution in [0.1, 0.15) is 11.1 Å². The maximum absolute atomic E-state index is 11.7. The molecule has 1 aromatic carbocycles. The third-order valence-corrected chi connectivity index (χ3v) is 2.72. The minimum absolute atomic E-state index is 0.0579. The van der Waals surface area contributed by atoms with Crippen LogP contribution in [0.2, 0.25) is 0 Å². The largest absolute Gasteiger partial charge is 0.484 e. The highest BCUT2D eigenvalue weighted by Gasteiger charge is 2.05. The smallest absolute Gasteiger partial charge is 0.263 e. The number of nitrogens with one attached hydrogen (secondary N) is 1. The predicted molar refractivity (Wildman–Crippen MR) is 77.4 cm³/mol. The third-order valence-electron chi connectivity index (χ3n) is 2.72. The van der Waals surface area contributed by atoms with Gasteiger partial charge in [-0.25, -0.2) is 4.98 Å². The Hall–Kier alpha value is -2.40. The van der Waals surface area contributed by atoms with Gasteiger partial charge in [0.1, 0.15) is 11.6 Å². The molecule has 0 saturated heterocycles. The van der Waals surface area contributed by atoms with Crippen LogP contribution in [0.15, 0.2) is 42.6 Å². The lowest BCUT2D eigenvalue weighted by atomic mass is 10.2. The number of aryl methyl sites for hydroxylation is 1. The molecular weight excluding hydrogens is 254 g/mol. The van der Waals surface area contributed by atoms with Crippen molar-refractivity contribution in [2.45, 2.75) is 13.5 Å². The van der Waals surface area contributed by atoms with Gasteiger partial charge in [-0.1, -0.05) is 17.7 Å². The van der Waals surface area contributed by atoms with Crippen molar-refractivity contribution in [1.82, 2.24) is 4.98 Å². The van der Waals surface area contributed by atoms with Gasteiger partial charge >= 0.3 is 0 Å². The molecule has 0 atom stereocenters. The van der Waals surface area contributed by atoms with Crippen LogP contribution in [0.4, 0.5) is 5.82 Å². The van der Waals surface area contributed by atoms with Crippen molar-refractivity contribution in [1.29, 1.82) is 0 Å². The molecule has 0 bridgehead atoms. The van der Waals surface area contributed by atoms with Crippen molar-refractivity contribution >= 4 is 11.7 Å². The van der Waals surface area contributed by atoms with E-state index < -0.39 is 0 Å². The first-order valence-electron chi connectivity index (χ1n) is 6.31. The Morgan fingerprint density at radius 1 is 1.30 bits per heavy atom. The minimum Gasteiger partial charge on any atom is -0.484 e. The van der Waals surface area contributed by atoms with Crippen molar-refractivity contribution in [3.8, 4) is 5.75 Å². The number of amides is 1. The second-order valence-corrected chi connectivity index (χ2v) is 4.40. The molecule has 1 amide bonds. The molecule has 5 nitrogen and oxygen atoms in total. The van der Waals surface area contributed by atoms with Crippen molar-refractivity contribution in [2.75, 3.05) is 11.9 Å². The quantitative estimate of drug-likeness (QED) is 0.870. The van der Waals surface area contributed by atoms with Crippen molar-refractivity contribution in [3.63, 3.8) is 0 Å². The van der Waals surface area contributed by atoms with Gasteiger partial charge in [0.2, 0.25) is 0 Å². The lowest BCUT2D eigenvalue weighted by Crippen LogP contribution is -2.20. The summed E-state index contributed by atoms with van der Waals surface area (Å²) in [6, 6.07) is 11.1. The van der Waals surface area contributed by atoms with E-state index in [4.69, 9.17) is 10.5 Å². The van der Waals surface area contributed by atoms with Gasteiger partial charge in [-0.2, -0.15) is 0 Å². The molecule has 104 valence electrons. The second-order valence-electron chi connectivity index (χ2n) is 4.40. The molecular formula is C15H17N3O2. The van der Waals surface area contributed by atoms with E-state index in [1.54, 1.807) is 18.3 Å². The highest BCUT2D eigenvalue weighted by atomic mass is 16.5. The SMILES string of the molecule is Cc1ccc(OCC(=O)Nc2cc(CN)ccn2)cc1. The van der Waals surface area contributed by atoms with Gasteiger partial charge < -0.3 is 15.8 Å². The first-order chi connectivity index (χ1) is 9.67. The highest BCUT2D eigenvalue weighted by molar-refractivity contribution is 5.91. The zero-order chi connectivity index (χ0) is 14.4. The molecule has 0 spiro atoms. The van der Waals surface area contributed by atoms with Gasteiger partial charge in [0, 0.05) is 12.7 Å². The summed E-state index contributed by atoms with van der Waals surface area (Å²) in [4.78, 5) is 15.8. The van der Waals surface area contributed by atoms with Crippen LogP contribution >= 0.6 is 0 Å². The number of pyridine rings is 1. The number of hydrogen-bond donors (Lipinski definition) is 2. The van der Waals surface area contributed by atoms with Crippen LogP contribution in [0.25, 0.3) is 0 Å². The number of carbonyl (C=O) groups excluding carboxylic acids is 1. The molecule has 1 heterocycles. The Morgan fingerprint density at radius 2 is 2.05 bits per heavy atom. The fraction of sp³-hybridized carbons (Fsp3) is 0.200. The van der Waals surface area contributed by atoms with E-state index in [-0.39, 0.29) is 12.5 Å². The summed E-state index contributed by atoms with van der Waals surface area (Å²) in [6.45, 7) is 2.34. The summed E-state index contributed by atoms with van der Waals surface area (Å²) >= 11 is 0. The van der Waals surface area contributed by atoms with Crippen molar-refractivity contribution in [2.24, 2.45) is 5.73 Å². The molecule has 0 aliphatic carbocycles. The van der Waals surface area contributed by atoms with Gasteiger partial charge in [0.15, 0.2) is 6.61 Å². The predicted octanol–water partition coefficient (Wildman–Crippen LogP) is 1.87. The molecule has 0 unspecified atom stereocenters. The van der Waals surface area contributed by atoms with E-state index in [2.05, 4.69) is 10.3 Å². The van der Waals surface area contributed by atoms with E-state index in [1.807, 2.05) is 31.2 Å². The lowest BCUT2D eigenvalue weighted by molar-refractivity contribution is -0.118. The lowest BCUT2D eigenvalue weighted by Gasteiger charge is -2.08. The summed E-state index contributed by atoms with van der Waals surface area (Å²) in [6.07, 6.45) is 1.61. The number of nitrogens with two attached hydrogens (primary N) is 1. The van der Waals surface area contributed by atoms with Crippen molar-refractivity contribution < 1.29 is 9.53 Å². The standard InChI is InChI=1S/C15H17N3O2/c1-11-2-4-13(5-3-11)20-10-15(19)18-14-8-12(9-16)6-7-17-14/h2-8H,9-10,16H2,1H3,(H,17,18,19). The number of carbonyl (C=O) groups is 1. The molecule has 0 saturated carbocycles. The monoisotopic (exact) mass is 271 g/mol. The fourth-order valence-corrected chi connectivity index (χ4v) is 1.63. The molecule has 0 fully saturated rings. The normalized spacial score (nSPS) is 10.1. The number of rotatable bonds is 5. The Balaban J connectivity index is 1.87. The van der Waals surface area contributed by atoms with Gasteiger partial charge in [-0.3, -0.25) is 4.79 Å². The molecule has 1 aromatic heterocycles. The second kappa shape index (κ2) is 6.68. The van der Waals surface area contributed by atoms with Crippen LogP contribution in [-0.2, 0) is 11.3 Å². The summed E-state index contributed by atoms with van der Waals surface area (Å²) in [5.74, 6) is 0.882. The summed E-state index contributed by atoms with van der Waals surface area (Å²) in [5, 5.41) is 2.67. The number of nitrogens with zero attached hydrogens (tertiary/aromatic N) is 1. The molecule has 2 rings (SSSR count). The summed E-state index contributed by atoms with van der Waals surface area (Å²) < 4.78 is 5.39. The molecule has 5 heteroatoms. The Kier molecular flexibility index (Phi) is 4.68. The van der Waals surface area contributed by atoms with Gasteiger partial charge in [0.25, 0.3) is 5.91 Å². The van der Waals surface area contributed by atoms with Crippen LogP contribution < -0.4 is 15.8 Å². The number of aromatic nitrogens is 1. The third kappa shape index (κ3) is 4.07. The van der Waals surface area contributed by atoms with Crippen LogP contribution in [0.3, 0.4) is 0 Å². The topological polar surface area (TPSA) is 77.2 Å². The first-order valence-corrected chi connectivity index (χ1v) is 6.31. The van der Waals surface area contributed by atoms with E-state index in [9.17, 15) is 4.79 Å². The number of hydrogen-bond acceptors (Lipinski definition) is 4. The summed E-state index contributed by atoms with van der Waals surface area (Å²) in [7, 11) is 0. The number of anilines is 1. The van der Waals surface area contributed by atoms with E-state index >= 15 is 0 Å². The average molecular weight is 271 g/mol. The molecule has 0 aliphatic heterocycles. The van der Waals surface area contributed by atoms with Crippen LogP contribution in [0.5, 0.6) is 5.75 Å². The Bertz CT molecular complexity index is 582. The van der Waals surface area contributed by atoms with Gasteiger partial charge in [-0.15, -0.1) is 0 Å². The molecule has 0 aliphatic rings. The molecule has 0 radical (unpaired) electrons. The zero-order valence-corrected chi connectivity index (χ0v) is 11.3. The van der Waals surface area contributed by atoms with E-state index in [0.29, 0.717) is 18.1 Å². The Morgan fingerprint density at radius 3 is 2.75 bits per heavy atom. The molecule has 3 N–H and O–H groups in total. The van der Waals surface area contributed by atoms with E-state index in [0.717, 1.165) is 11.1 Å². The maximum Gasteiger partial charge on any atom is 0.263 e. The fourth-order valence-electron chi connectivity index (χ4n) is 1.63. The minimum atomic E-state index is -0.257. The average Bonchev–Trinajstić information content (AvgIpc) is 2.47. The molecule has 2 aromatic rings. The first kappa shape index (κ1) is 14.0. The van der Waals surface area contributed by atoms with Gasteiger partial charge in [-0.05, 0) is 36.8 Å². The van der Waals surface area contributed by atoms with Crippen LogP contribution in [0, 0.1) is 6.92 Å². The Labute approximate surface area is 117 Å². The van der Waals surface area contributed by atoms with Crippen molar-refractivity contribution in [3.05, 3.63) is 53.7 Å². The highest BCUT2D eigenvalue weighted by Crippen LogP contribution is 2.11.